The monoisotopic (exact) mass is 224 g/mol. The number of rotatable bonds is 3. The van der Waals surface area contributed by atoms with E-state index in [1.165, 1.54) is 0 Å². The third-order valence-corrected chi connectivity index (χ3v) is 2.41. The molecule has 0 aromatic rings. The van der Waals surface area contributed by atoms with Crippen LogP contribution in [0.4, 0.5) is 13.2 Å². The standard InChI is InChI=1S/C9H15F3N2O/c10-9(11,12)5-8(15)14-6-7-1-3-13-4-2-7/h7,13H,1-6H2,(H,14,15). The fourth-order valence-corrected chi connectivity index (χ4v) is 1.59. The molecule has 2 N–H and O–H groups in total. The van der Waals surface area contributed by atoms with Crippen LogP contribution in [0.1, 0.15) is 19.3 Å². The summed E-state index contributed by atoms with van der Waals surface area (Å²) in [4.78, 5) is 10.9. The van der Waals surface area contributed by atoms with Gasteiger partial charge in [0.05, 0.1) is 0 Å². The van der Waals surface area contributed by atoms with Gasteiger partial charge in [0.1, 0.15) is 6.42 Å². The van der Waals surface area contributed by atoms with E-state index in [0.29, 0.717) is 12.5 Å². The van der Waals surface area contributed by atoms with E-state index in [9.17, 15) is 18.0 Å². The number of carbonyl (C=O) groups excluding carboxylic acids is 1. The number of halogens is 3. The lowest BCUT2D eigenvalue weighted by Gasteiger charge is -2.22. The molecule has 0 saturated carbocycles. The van der Waals surface area contributed by atoms with E-state index < -0.39 is 18.5 Å². The largest absolute Gasteiger partial charge is 0.397 e. The fourth-order valence-electron chi connectivity index (χ4n) is 1.59. The number of hydrogen-bond acceptors (Lipinski definition) is 2. The summed E-state index contributed by atoms with van der Waals surface area (Å²) in [6.45, 7) is 2.11. The van der Waals surface area contributed by atoms with Crippen LogP contribution in [0.3, 0.4) is 0 Å². The van der Waals surface area contributed by atoms with Crippen LogP contribution in [0.15, 0.2) is 0 Å². The van der Waals surface area contributed by atoms with Crippen molar-refractivity contribution in [2.24, 2.45) is 5.92 Å². The van der Waals surface area contributed by atoms with Crippen molar-refractivity contribution in [2.45, 2.75) is 25.4 Å². The Bertz CT molecular complexity index is 212. The van der Waals surface area contributed by atoms with E-state index in [0.717, 1.165) is 25.9 Å². The highest BCUT2D eigenvalue weighted by molar-refractivity contribution is 5.76. The zero-order valence-corrected chi connectivity index (χ0v) is 8.36. The zero-order chi connectivity index (χ0) is 11.3. The molecule has 88 valence electrons. The number of amides is 1. The van der Waals surface area contributed by atoms with Crippen LogP contribution in [-0.4, -0.2) is 31.7 Å². The van der Waals surface area contributed by atoms with Gasteiger partial charge in [0, 0.05) is 6.54 Å². The molecule has 1 rings (SSSR count). The van der Waals surface area contributed by atoms with Crippen molar-refractivity contribution in [3.05, 3.63) is 0 Å². The Kier molecular flexibility index (Phi) is 4.38. The molecule has 6 heteroatoms. The van der Waals surface area contributed by atoms with Crippen LogP contribution in [0, 0.1) is 5.92 Å². The molecule has 1 aliphatic rings. The van der Waals surface area contributed by atoms with E-state index in [-0.39, 0.29) is 0 Å². The molecule has 0 spiro atoms. The normalized spacial score (nSPS) is 18.9. The average Bonchev–Trinajstić information content (AvgIpc) is 2.14. The average molecular weight is 224 g/mol. The molecule has 0 bridgehead atoms. The van der Waals surface area contributed by atoms with Gasteiger partial charge >= 0.3 is 6.18 Å². The number of piperidine rings is 1. The molecule has 0 radical (unpaired) electrons. The molecule has 0 aromatic heterocycles. The van der Waals surface area contributed by atoms with Crippen LogP contribution in [0.5, 0.6) is 0 Å². The highest BCUT2D eigenvalue weighted by Crippen LogP contribution is 2.19. The molecular formula is C9H15F3N2O. The Balaban J connectivity index is 2.15. The first-order chi connectivity index (χ1) is 6.97. The second kappa shape index (κ2) is 5.34. The highest BCUT2D eigenvalue weighted by Gasteiger charge is 2.31. The lowest BCUT2D eigenvalue weighted by atomic mass is 9.98. The molecule has 15 heavy (non-hydrogen) atoms. The predicted molar refractivity (Wildman–Crippen MR) is 49.3 cm³/mol. The second-order valence-corrected chi connectivity index (χ2v) is 3.79. The Morgan fingerprint density at radius 3 is 2.47 bits per heavy atom. The molecule has 1 heterocycles. The van der Waals surface area contributed by atoms with Gasteiger partial charge < -0.3 is 10.6 Å². The molecular weight excluding hydrogens is 209 g/mol. The fraction of sp³-hybridized carbons (Fsp3) is 0.889. The smallest absolute Gasteiger partial charge is 0.356 e. The summed E-state index contributed by atoms with van der Waals surface area (Å²) in [5.41, 5.74) is 0. The van der Waals surface area contributed by atoms with Gasteiger partial charge in [0.15, 0.2) is 0 Å². The van der Waals surface area contributed by atoms with E-state index in [4.69, 9.17) is 0 Å². The maximum absolute atomic E-state index is 11.8. The summed E-state index contributed by atoms with van der Waals surface area (Å²) >= 11 is 0. The van der Waals surface area contributed by atoms with Crippen molar-refractivity contribution in [1.82, 2.24) is 10.6 Å². The molecule has 1 amide bonds. The first kappa shape index (κ1) is 12.3. The summed E-state index contributed by atoms with van der Waals surface area (Å²) in [7, 11) is 0. The summed E-state index contributed by atoms with van der Waals surface area (Å²) in [5, 5.41) is 5.47. The molecule has 1 saturated heterocycles. The number of alkyl halides is 3. The summed E-state index contributed by atoms with van der Waals surface area (Å²) < 4.78 is 35.4. The zero-order valence-electron chi connectivity index (χ0n) is 8.36. The number of hydrogen-bond donors (Lipinski definition) is 2. The van der Waals surface area contributed by atoms with Gasteiger partial charge in [0.2, 0.25) is 5.91 Å². The van der Waals surface area contributed by atoms with Crippen LogP contribution in [0.2, 0.25) is 0 Å². The topological polar surface area (TPSA) is 41.1 Å². The Hall–Kier alpha value is -0.780. The van der Waals surface area contributed by atoms with Gasteiger partial charge in [-0.3, -0.25) is 4.79 Å². The molecule has 0 unspecified atom stereocenters. The van der Waals surface area contributed by atoms with Crippen molar-refractivity contribution in [3.63, 3.8) is 0 Å². The van der Waals surface area contributed by atoms with Crippen LogP contribution in [-0.2, 0) is 4.79 Å². The van der Waals surface area contributed by atoms with Gasteiger partial charge in [-0.25, -0.2) is 0 Å². The lowest BCUT2D eigenvalue weighted by Crippen LogP contribution is -2.37. The molecule has 1 aliphatic heterocycles. The van der Waals surface area contributed by atoms with Crippen molar-refractivity contribution in [2.75, 3.05) is 19.6 Å². The van der Waals surface area contributed by atoms with Gasteiger partial charge in [-0.1, -0.05) is 0 Å². The minimum Gasteiger partial charge on any atom is -0.356 e. The van der Waals surface area contributed by atoms with Crippen molar-refractivity contribution in [1.29, 1.82) is 0 Å². The van der Waals surface area contributed by atoms with Gasteiger partial charge in [0.25, 0.3) is 0 Å². The molecule has 0 aliphatic carbocycles. The number of nitrogens with one attached hydrogen (secondary N) is 2. The Labute approximate surface area is 86.4 Å². The van der Waals surface area contributed by atoms with Crippen LogP contribution in [0.25, 0.3) is 0 Å². The third-order valence-electron chi connectivity index (χ3n) is 2.41. The second-order valence-electron chi connectivity index (χ2n) is 3.79. The van der Waals surface area contributed by atoms with E-state index in [1.807, 2.05) is 0 Å². The molecule has 3 nitrogen and oxygen atoms in total. The predicted octanol–water partition coefficient (Wildman–Crippen LogP) is 1.05. The molecule has 1 fully saturated rings. The van der Waals surface area contributed by atoms with Gasteiger partial charge in [-0.15, -0.1) is 0 Å². The molecule has 0 aromatic carbocycles. The maximum Gasteiger partial charge on any atom is 0.397 e. The van der Waals surface area contributed by atoms with Crippen LogP contribution < -0.4 is 10.6 Å². The van der Waals surface area contributed by atoms with Crippen molar-refractivity contribution < 1.29 is 18.0 Å². The van der Waals surface area contributed by atoms with E-state index in [1.54, 1.807) is 0 Å². The summed E-state index contributed by atoms with van der Waals surface area (Å²) in [5.74, 6) is -0.621. The van der Waals surface area contributed by atoms with Crippen LogP contribution >= 0.6 is 0 Å². The van der Waals surface area contributed by atoms with Crippen molar-refractivity contribution in [3.8, 4) is 0 Å². The summed E-state index contributed by atoms with van der Waals surface area (Å²) in [6.07, 6.45) is -3.96. The van der Waals surface area contributed by atoms with E-state index in [2.05, 4.69) is 10.6 Å². The first-order valence-electron chi connectivity index (χ1n) is 5.01. The van der Waals surface area contributed by atoms with Gasteiger partial charge in [-0.05, 0) is 31.8 Å². The minimum atomic E-state index is -4.40. The highest BCUT2D eigenvalue weighted by atomic mass is 19.4. The maximum atomic E-state index is 11.8. The van der Waals surface area contributed by atoms with E-state index >= 15 is 0 Å². The minimum absolute atomic E-state index is 0.309. The first-order valence-corrected chi connectivity index (χ1v) is 5.01. The Morgan fingerprint density at radius 2 is 1.93 bits per heavy atom. The van der Waals surface area contributed by atoms with Gasteiger partial charge in [-0.2, -0.15) is 13.2 Å². The molecule has 0 atom stereocenters. The number of carbonyl (C=O) groups is 1. The quantitative estimate of drug-likeness (QED) is 0.752. The van der Waals surface area contributed by atoms with Crippen molar-refractivity contribution >= 4 is 5.91 Å². The Morgan fingerprint density at radius 1 is 1.33 bits per heavy atom. The third kappa shape index (κ3) is 5.61. The SMILES string of the molecule is O=C(CC(F)(F)F)NCC1CCNCC1. The lowest BCUT2D eigenvalue weighted by molar-refractivity contribution is -0.153. The summed E-state index contributed by atoms with van der Waals surface area (Å²) in [6, 6.07) is 0.